The summed E-state index contributed by atoms with van der Waals surface area (Å²) in [6.07, 6.45) is -0.715. The number of amides is 2. The van der Waals surface area contributed by atoms with Gasteiger partial charge in [-0.2, -0.15) is 0 Å². The minimum atomic E-state index is -0.715. The van der Waals surface area contributed by atoms with Gasteiger partial charge in [0.15, 0.2) is 0 Å². The largest absolute Gasteiger partial charge is 0.449 e. The van der Waals surface area contributed by atoms with E-state index in [1.807, 2.05) is 13.8 Å². The Bertz CT molecular complexity index is 846. The van der Waals surface area contributed by atoms with Gasteiger partial charge >= 0.3 is 6.09 Å². The summed E-state index contributed by atoms with van der Waals surface area (Å²) in [5.41, 5.74) is 5.23. The molecule has 3 N–H and O–H groups in total. The van der Waals surface area contributed by atoms with Crippen LogP contribution in [0.15, 0.2) is 4.79 Å². The van der Waals surface area contributed by atoms with E-state index in [0.29, 0.717) is 21.8 Å². The Morgan fingerprint density at radius 2 is 2.08 bits per heavy atom. The van der Waals surface area contributed by atoms with Gasteiger partial charge in [-0.3, -0.25) is 15.0 Å². The topological polar surface area (TPSA) is 113 Å². The number of thioether (sulfide) groups is 1. The molecule has 136 valence electrons. The Balaban J connectivity index is 1.96. The van der Waals surface area contributed by atoms with Gasteiger partial charge in [0.25, 0.3) is 11.5 Å². The fourth-order valence-corrected chi connectivity index (χ4v) is 3.83. The lowest BCUT2D eigenvalue weighted by molar-refractivity contribution is -0.121. The molecule has 2 aromatic heterocycles. The van der Waals surface area contributed by atoms with Crippen LogP contribution in [-0.2, 0) is 15.3 Å². The first-order chi connectivity index (χ1) is 11.8. The highest BCUT2D eigenvalue weighted by Crippen LogP contribution is 2.26. The Morgan fingerprint density at radius 3 is 2.76 bits per heavy atom. The van der Waals surface area contributed by atoms with Crippen LogP contribution in [0, 0.1) is 13.8 Å². The molecule has 0 aromatic carbocycles. The van der Waals surface area contributed by atoms with Gasteiger partial charge in [-0.25, -0.2) is 15.2 Å². The second-order valence-electron chi connectivity index (χ2n) is 5.26. The second kappa shape index (κ2) is 8.34. The maximum atomic E-state index is 12.2. The number of nitrogens with zero attached hydrogens (tertiary/aromatic N) is 1. The van der Waals surface area contributed by atoms with E-state index in [0.717, 1.165) is 10.4 Å². The highest BCUT2D eigenvalue weighted by atomic mass is 32.2. The van der Waals surface area contributed by atoms with Crippen molar-refractivity contribution in [2.24, 2.45) is 0 Å². The van der Waals surface area contributed by atoms with Crippen molar-refractivity contribution in [2.45, 2.75) is 38.7 Å². The van der Waals surface area contributed by atoms with Gasteiger partial charge in [0.05, 0.1) is 23.0 Å². The molecular weight excluding hydrogens is 364 g/mol. The molecule has 0 radical (unpaired) electrons. The number of rotatable bonds is 5. The standard InChI is InChI=1S/C15H20N4O4S2/c1-5-23-15(22)19-18-12(20)9(4)24-6-10-16-13(21)11-7(2)8(3)25-14(11)17-10/h9H,5-6H2,1-4H3,(H,18,20)(H,19,22)(H,16,17,21). The van der Waals surface area contributed by atoms with Crippen molar-refractivity contribution in [1.82, 2.24) is 20.8 Å². The molecule has 0 saturated carbocycles. The SMILES string of the molecule is CCOC(=O)NNC(=O)C(C)SCc1nc2sc(C)c(C)c2c(=O)[nH]1. The third kappa shape index (κ3) is 4.73. The van der Waals surface area contributed by atoms with Gasteiger partial charge in [-0.1, -0.05) is 0 Å². The predicted molar refractivity (Wildman–Crippen MR) is 98.8 cm³/mol. The lowest BCUT2D eigenvalue weighted by Gasteiger charge is -2.12. The van der Waals surface area contributed by atoms with E-state index in [1.165, 1.54) is 23.1 Å². The molecule has 1 atom stereocenters. The smallest absolute Gasteiger partial charge is 0.426 e. The van der Waals surface area contributed by atoms with Crippen LogP contribution in [0.4, 0.5) is 4.79 Å². The minimum Gasteiger partial charge on any atom is -0.449 e. The number of nitrogens with one attached hydrogen (secondary N) is 3. The average molecular weight is 384 g/mol. The number of hydrogen-bond donors (Lipinski definition) is 3. The van der Waals surface area contributed by atoms with Crippen LogP contribution in [0.2, 0.25) is 0 Å². The Kier molecular flexibility index (Phi) is 6.43. The van der Waals surface area contributed by atoms with Gasteiger partial charge < -0.3 is 9.72 Å². The zero-order chi connectivity index (χ0) is 18.6. The third-order valence-electron chi connectivity index (χ3n) is 3.49. The molecule has 2 rings (SSSR count). The van der Waals surface area contributed by atoms with Crippen molar-refractivity contribution in [2.75, 3.05) is 6.61 Å². The summed E-state index contributed by atoms with van der Waals surface area (Å²) in [5.74, 6) is 0.515. The number of hydrogen-bond acceptors (Lipinski definition) is 7. The third-order valence-corrected chi connectivity index (χ3v) is 5.75. The summed E-state index contributed by atoms with van der Waals surface area (Å²) in [4.78, 5) is 44.3. The number of aromatic nitrogens is 2. The molecule has 2 aromatic rings. The number of carbonyl (C=O) groups is 2. The molecule has 0 fully saturated rings. The molecule has 0 saturated heterocycles. The van der Waals surface area contributed by atoms with E-state index in [1.54, 1.807) is 13.8 Å². The fraction of sp³-hybridized carbons (Fsp3) is 0.467. The van der Waals surface area contributed by atoms with Crippen LogP contribution < -0.4 is 16.4 Å². The number of aromatic amines is 1. The Hall–Kier alpha value is -2.07. The summed E-state index contributed by atoms with van der Waals surface area (Å²) in [6, 6.07) is 0. The van der Waals surface area contributed by atoms with Crippen molar-refractivity contribution in [3.63, 3.8) is 0 Å². The van der Waals surface area contributed by atoms with Gasteiger partial charge in [-0.05, 0) is 33.3 Å². The summed E-state index contributed by atoms with van der Waals surface area (Å²) >= 11 is 2.78. The minimum absolute atomic E-state index is 0.163. The molecule has 0 aliphatic carbocycles. The molecule has 2 amide bonds. The summed E-state index contributed by atoms with van der Waals surface area (Å²) in [5, 5.41) is 0.176. The summed E-state index contributed by atoms with van der Waals surface area (Å²) < 4.78 is 4.65. The number of aryl methyl sites for hydroxylation is 2. The van der Waals surface area contributed by atoms with E-state index < -0.39 is 11.3 Å². The molecule has 10 heteroatoms. The summed E-state index contributed by atoms with van der Waals surface area (Å²) in [7, 11) is 0. The first-order valence-electron chi connectivity index (χ1n) is 7.66. The van der Waals surface area contributed by atoms with Crippen molar-refractivity contribution in [3.8, 4) is 0 Å². The number of thiophene rings is 1. The lowest BCUT2D eigenvalue weighted by atomic mass is 10.2. The monoisotopic (exact) mass is 384 g/mol. The Morgan fingerprint density at radius 1 is 1.36 bits per heavy atom. The van der Waals surface area contributed by atoms with E-state index in [9.17, 15) is 14.4 Å². The number of carbonyl (C=O) groups excluding carboxylic acids is 2. The zero-order valence-electron chi connectivity index (χ0n) is 14.4. The number of ether oxygens (including phenoxy) is 1. The quantitative estimate of drug-likeness (QED) is 0.680. The summed E-state index contributed by atoms with van der Waals surface area (Å²) in [6.45, 7) is 7.44. The van der Waals surface area contributed by atoms with E-state index in [-0.39, 0.29) is 18.1 Å². The van der Waals surface area contributed by atoms with Crippen LogP contribution >= 0.6 is 23.1 Å². The Labute approximate surface area is 152 Å². The zero-order valence-corrected chi connectivity index (χ0v) is 16.0. The molecule has 0 aliphatic heterocycles. The van der Waals surface area contributed by atoms with E-state index in [4.69, 9.17) is 0 Å². The van der Waals surface area contributed by atoms with Crippen LogP contribution in [0.3, 0.4) is 0 Å². The molecule has 0 bridgehead atoms. The van der Waals surface area contributed by atoms with Crippen LogP contribution in [0.25, 0.3) is 10.2 Å². The molecule has 0 aliphatic rings. The second-order valence-corrected chi connectivity index (χ2v) is 7.80. The maximum absolute atomic E-state index is 12.2. The van der Waals surface area contributed by atoms with Crippen LogP contribution in [-0.4, -0.2) is 33.8 Å². The first kappa shape index (κ1) is 19.3. The normalized spacial score (nSPS) is 12.0. The maximum Gasteiger partial charge on any atom is 0.426 e. The van der Waals surface area contributed by atoms with Crippen molar-refractivity contribution >= 4 is 45.3 Å². The van der Waals surface area contributed by atoms with Gasteiger partial charge in [-0.15, -0.1) is 23.1 Å². The molecular formula is C15H20N4O4S2. The van der Waals surface area contributed by atoms with Crippen molar-refractivity contribution in [3.05, 3.63) is 26.6 Å². The van der Waals surface area contributed by atoms with Crippen LogP contribution in [0.1, 0.15) is 30.1 Å². The van der Waals surface area contributed by atoms with E-state index >= 15 is 0 Å². The van der Waals surface area contributed by atoms with Gasteiger partial charge in [0, 0.05) is 4.88 Å². The van der Waals surface area contributed by atoms with Crippen molar-refractivity contribution in [1.29, 1.82) is 0 Å². The molecule has 8 nitrogen and oxygen atoms in total. The van der Waals surface area contributed by atoms with Crippen molar-refractivity contribution < 1.29 is 14.3 Å². The molecule has 25 heavy (non-hydrogen) atoms. The predicted octanol–water partition coefficient (Wildman–Crippen LogP) is 2.00. The number of fused-ring (bicyclic) bond motifs is 1. The average Bonchev–Trinajstić information content (AvgIpc) is 2.85. The van der Waals surface area contributed by atoms with Gasteiger partial charge in [0.1, 0.15) is 10.7 Å². The first-order valence-corrected chi connectivity index (χ1v) is 9.53. The lowest BCUT2D eigenvalue weighted by Crippen LogP contribution is -2.45. The highest BCUT2D eigenvalue weighted by molar-refractivity contribution is 7.99. The number of hydrazine groups is 1. The highest BCUT2D eigenvalue weighted by Gasteiger charge is 2.16. The molecule has 2 heterocycles. The molecule has 0 spiro atoms. The number of H-pyrrole nitrogens is 1. The van der Waals surface area contributed by atoms with Crippen LogP contribution in [0.5, 0.6) is 0 Å². The molecule has 1 unspecified atom stereocenters. The fourth-order valence-electron chi connectivity index (χ4n) is 2.03. The van der Waals surface area contributed by atoms with E-state index in [2.05, 4.69) is 25.6 Å². The van der Waals surface area contributed by atoms with Gasteiger partial charge in [0.2, 0.25) is 0 Å².